The Bertz CT molecular complexity index is 1310. The van der Waals surface area contributed by atoms with Crippen LogP contribution in [0.2, 0.25) is 0 Å². The molecule has 8 heteroatoms. The second-order valence-corrected chi connectivity index (χ2v) is 11.3. The molecule has 1 unspecified atom stereocenters. The van der Waals surface area contributed by atoms with E-state index in [1.54, 1.807) is 6.07 Å². The first kappa shape index (κ1) is 25.2. The highest BCUT2D eigenvalue weighted by molar-refractivity contribution is 5.82. The lowest BCUT2D eigenvalue weighted by atomic mass is 9.94. The number of imidazole rings is 1. The molecule has 2 fully saturated rings. The molecule has 0 spiro atoms. The predicted molar refractivity (Wildman–Crippen MR) is 144 cm³/mol. The molecule has 200 valence electrons. The van der Waals surface area contributed by atoms with Gasteiger partial charge in [-0.15, -0.1) is 0 Å². The summed E-state index contributed by atoms with van der Waals surface area (Å²) in [5.74, 6) is 0.370. The highest BCUT2D eigenvalue weighted by atomic mass is 19.1. The van der Waals surface area contributed by atoms with Crippen LogP contribution in [0.15, 0.2) is 49.1 Å². The summed E-state index contributed by atoms with van der Waals surface area (Å²) >= 11 is 0. The largest absolute Gasteiger partial charge is 0.341 e. The molecule has 0 bridgehead atoms. The number of halogens is 1. The van der Waals surface area contributed by atoms with Crippen LogP contribution in [0.25, 0.3) is 0 Å². The molecule has 2 saturated heterocycles. The van der Waals surface area contributed by atoms with Gasteiger partial charge in [0.1, 0.15) is 11.9 Å². The second-order valence-electron chi connectivity index (χ2n) is 11.3. The number of fused-ring (bicyclic) bond motifs is 2. The number of aromatic nitrogens is 3. The van der Waals surface area contributed by atoms with Gasteiger partial charge in [0, 0.05) is 45.5 Å². The number of nitrogens with zero attached hydrogens (tertiary/aromatic N) is 6. The van der Waals surface area contributed by atoms with Crippen molar-refractivity contribution in [2.24, 2.45) is 5.92 Å². The molecule has 1 aromatic carbocycles. The maximum absolute atomic E-state index is 14.2. The van der Waals surface area contributed by atoms with E-state index >= 15 is 0 Å². The van der Waals surface area contributed by atoms with Gasteiger partial charge in [-0.05, 0) is 68.3 Å². The summed E-state index contributed by atoms with van der Waals surface area (Å²) in [5.41, 5.74) is 5.44. The first-order chi connectivity index (χ1) is 18.5. The van der Waals surface area contributed by atoms with Gasteiger partial charge in [0.05, 0.1) is 30.0 Å². The summed E-state index contributed by atoms with van der Waals surface area (Å²) in [6.07, 6.45) is 9.12. The lowest BCUT2D eigenvalue weighted by molar-refractivity contribution is -0.141. The van der Waals surface area contributed by atoms with Crippen molar-refractivity contribution >= 4 is 5.91 Å². The average Bonchev–Trinajstić information content (AvgIpc) is 3.26. The van der Waals surface area contributed by atoms with Crippen molar-refractivity contribution in [2.45, 2.75) is 51.2 Å². The third kappa shape index (κ3) is 4.99. The lowest BCUT2D eigenvalue weighted by Crippen LogP contribution is -2.60. The highest BCUT2D eigenvalue weighted by Gasteiger charge is 2.39. The number of carbonyl (C=O) groups is 1. The summed E-state index contributed by atoms with van der Waals surface area (Å²) in [4.78, 5) is 29.7. The first-order valence-electron chi connectivity index (χ1n) is 13.9. The van der Waals surface area contributed by atoms with Crippen LogP contribution in [0, 0.1) is 18.7 Å². The Morgan fingerprint density at radius 2 is 1.92 bits per heavy atom. The van der Waals surface area contributed by atoms with E-state index in [1.807, 2.05) is 13.3 Å². The zero-order chi connectivity index (χ0) is 26.2. The Labute approximate surface area is 224 Å². The van der Waals surface area contributed by atoms with Crippen molar-refractivity contribution in [2.75, 3.05) is 39.8 Å². The molecule has 0 radical (unpaired) electrons. The highest BCUT2D eigenvalue weighted by Crippen LogP contribution is 2.37. The van der Waals surface area contributed by atoms with Crippen LogP contribution in [0.5, 0.6) is 0 Å². The van der Waals surface area contributed by atoms with Crippen molar-refractivity contribution in [3.63, 3.8) is 0 Å². The number of benzene rings is 1. The van der Waals surface area contributed by atoms with E-state index in [2.05, 4.69) is 66.7 Å². The fourth-order valence-electron chi connectivity index (χ4n) is 6.64. The van der Waals surface area contributed by atoms with Gasteiger partial charge in [-0.3, -0.25) is 19.6 Å². The Balaban J connectivity index is 1.24. The van der Waals surface area contributed by atoms with Crippen LogP contribution in [0.3, 0.4) is 0 Å². The van der Waals surface area contributed by atoms with Crippen LogP contribution in [0.1, 0.15) is 47.0 Å². The fraction of sp³-hybridized carbons (Fsp3) is 0.500. The minimum atomic E-state index is -0.287. The molecule has 4 heterocycles. The van der Waals surface area contributed by atoms with E-state index < -0.39 is 0 Å². The summed E-state index contributed by atoms with van der Waals surface area (Å²) in [6.45, 7) is 6.78. The number of likely N-dealkylation sites (N-methyl/N-ethyl adjacent to an activating group) is 1. The summed E-state index contributed by atoms with van der Waals surface area (Å²) in [5, 5.41) is 0. The van der Waals surface area contributed by atoms with Crippen molar-refractivity contribution in [3.8, 4) is 0 Å². The van der Waals surface area contributed by atoms with E-state index in [-0.39, 0.29) is 23.8 Å². The van der Waals surface area contributed by atoms with Crippen molar-refractivity contribution < 1.29 is 9.18 Å². The summed E-state index contributed by atoms with van der Waals surface area (Å²) in [7, 11) is 2.07. The van der Waals surface area contributed by atoms with E-state index in [4.69, 9.17) is 0 Å². The summed E-state index contributed by atoms with van der Waals surface area (Å²) in [6, 6.07) is 9.88. The zero-order valence-electron chi connectivity index (χ0n) is 22.4. The fourth-order valence-corrected chi connectivity index (χ4v) is 6.64. The van der Waals surface area contributed by atoms with E-state index in [0.29, 0.717) is 12.5 Å². The van der Waals surface area contributed by atoms with Crippen LogP contribution in [-0.2, 0) is 24.2 Å². The minimum absolute atomic E-state index is 0.0770. The Morgan fingerprint density at radius 3 is 2.76 bits per heavy atom. The van der Waals surface area contributed by atoms with E-state index in [1.165, 1.54) is 17.3 Å². The molecule has 6 rings (SSSR count). The van der Waals surface area contributed by atoms with Crippen LogP contribution < -0.4 is 0 Å². The number of amides is 1. The number of hydrogen-bond donors (Lipinski definition) is 0. The first-order valence-corrected chi connectivity index (χ1v) is 13.9. The molecule has 3 aliphatic rings. The molecule has 2 aromatic heterocycles. The molecule has 7 nitrogen and oxygen atoms in total. The number of aryl methyl sites for hydroxylation is 3. The van der Waals surface area contributed by atoms with Gasteiger partial charge < -0.3 is 9.47 Å². The van der Waals surface area contributed by atoms with Gasteiger partial charge in [0.15, 0.2) is 0 Å². The van der Waals surface area contributed by atoms with Gasteiger partial charge in [0.25, 0.3) is 0 Å². The number of hydrogen-bond acceptors (Lipinski definition) is 5. The van der Waals surface area contributed by atoms with E-state index in [9.17, 15) is 9.18 Å². The van der Waals surface area contributed by atoms with Gasteiger partial charge in [-0.2, -0.15) is 0 Å². The maximum Gasteiger partial charge on any atom is 0.241 e. The molecule has 0 N–H and O–H groups in total. The minimum Gasteiger partial charge on any atom is -0.341 e. The predicted octanol–water partition coefficient (Wildman–Crippen LogP) is 3.47. The molecule has 38 heavy (non-hydrogen) atoms. The average molecular weight is 517 g/mol. The van der Waals surface area contributed by atoms with Crippen molar-refractivity contribution in [1.82, 2.24) is 29.2 Å². The summed E-state index contributed by atoms with van der Waals surface area (Å²) < 4.78 is 16.3. The smallest absolute Gasteiger partial charge is 0.241 e. The lowest BCUT2D eigenvalue weighted by Gasteiger charge is -2.45. The quantitative estimate of drug-likeness (QED) is 0.532. The van der Waals surface area contributed by atoms with Gasteiger partial charge in [-0.25, -0.2) is 9.37 Å². The number of pyridine rings is 1. The Morgan fingerprint density at radius 1 is 1.08 bits per heavy atom. The molecule has 1 amide bonds. The topological polar surface area (TPSA) is 57.5 Å². The van der Waals surface area contributed by atoms with Crippen LogP contribution in [-0.4, -0.2) is 81.0 Å². The molecule has 2 aliphatic heterocycles. The van der Waals surface area contributed by atoms with Gasteiger partial charge in [-0.1, -0.05) is 24.3 Å². The number of piperazine rings is 1. The monoisotopic (exact) mass is 516 g/mol. The normalized spacial score (nSPS) is 24.5. The van der Waals surface area contributed by atoms with E-state index in [0.717, 1.165) is 75.4 Å². The van der Waals surface area contributed by atoms with Crippen molar-refractivity contribution in [3.05, 3.63) is 82.9 Å². The molecule has 1 aliphatic carbocycles. The van der Waals surface area contributed by atoms with Gasteiger partial charge >= 0.3 is 0 Å². The number of rotatable bonds is 4. The Kier molecular flexibility index (Phi) is 7.01. The second kappa shape index (κ2) is 10.6. The number of carbonyl (C=O) groups excluding carboxylic acids is 1. The maximum atomic E-state index is 14.2. The molecule has 3 atom stereocenters. The van der Waals surface area contributed by atoms with Crippen LogP contribution >= 0.6 is 0 Å². The third-order valence-electron chi connectivity index (χ3n) is 8.63. The molecule has 0 saturated carbocycles. The molecular weight excluding hydrogens is 479 g/mol. The molecule has 3 aromatic rings. The molecular formula is C30H37FN6O. The van der Waals surface area contributed by atoms with Gasteiger partial charge in [0.2, 0.25) is 5.91 Å². The standard InChI is InChI=1S/C30H37FN6O/c1-21-16-35(20-33-21)17-22-6-5-11-37(18-22)30(38)27-19-36(13-12-34(27)2)29-26-8-4-3-7-23(26)9-10-24-14-25(31)15-32-28(24)29/h3-4,7-8,14-16,20,22,27,29H,5-6,9-13,17-19H2,1-2H3/t22-,27-,29?/m1/s1. The van der Waals surface area contributed by atoms with Crippen molar-refractivity contribution in [1.29, 1.82) is 0 Å². The Hall–Kier alpha value is -3.10. The zero-order valence-corrected chi connectivity index (χ0v) is 22.4. The number of piperidine rings is 1. The number of likely N-dealkylation sites (tertiary alicyclic amines) is 1. The third-order valence-corrected chi connectivity index (χ3v) is 8.63. The SMILES string of the molecule is Cc1cn(C[C@H]2CCCN(C(=O)[C@H]3CN(C4c5ccccc5CCc5cc(F)cnc54)CCN3C)C2)cn1. The van der Waals surface area contributed by atoms with Crippen LogP contribution in [0.4, 0.5) is 4.39 Å².